The molecule has 3 aromatic carbocycles. The molecule has 4 atom stereocenters. The molecule has 4 unspecified atom stereocenters. The Balaban J connectivity index is 1.42. The number of carbonyl (C=O) groups excluding carboxylic acids is 2. The van der Waals surface area contributed by atoms with Gasteiger partial charge in [-0.3, -0.25) is 19.2 Å². The fraction of sp³-hybridized carbons (Fsp3) is 0.290. The first-order valence-corrected chi connectivity index (χ1v) is 15.9. The van der Waals surface area contributed by atoms with Crippen LogP contribution in [0.2, 0.25) is 0 Å². The van der Waals surface area contributed by atoms with Crippen LogP contribution in [0.1, 0.15) is 40.0 Å². The summed E-state index contributed by atoms with van der Waals surface area (Å²) in [6.07, 6.45) is 0.454. The first-order valence-electron chi connectivity index (χ1n) is 14.0. The Bertz CT molecular complexity index is 1880. The summed E-state index contributed by atoms with van der Waals surface area (Å²) in [6.45, 7) is 0.380. The van der Waals surface area contributed by atoms with Crippen molar-refractivity contribution in [2.45, 2.75) is 24.7 Å². The number of sulfonamides is 1. The summed E-state index contributed by atoms with van der Waals surface area (Å²) < 4.78 is 60.3. The van der Waals surface area contributed by atoms with Crippen LogP contribution in [0.3, 0.4) is 0 Å². The van der Waals surface area contributed by atoms with Gasteiger partial charge in [-0.2, -0.15) is 0 Å². The second kappa shape index (κ2) is 11.3. The number of halogens is 2. The number of nitrogens with zero attached hydrogens (tertiary/aromatic N) is 1. The lowest BCUT2D eigenvalue weighted by Crippen LogP contribution is -2.64. The minimum absolute atomic E-state index is 0.213. The van der Waals surface area contributed by atoms with Crippen molar-refractivity contribution in [2.24, 2.45) is 5.92 Å². The van der Waals surface area contributed by atoms with Gasteiger partial charge in [0.15, 0.2) is 0 Å². The van der Waals surface area contributed by atoms with E-state index in [4.69, 9.17) is 4.42 Å². The average Bonchev–Trinajstić information content (AvgIpc) is 3.38. The van der Waals surface area contributed by atoms with Crippen molar-refractivity contribution >= 4 is 38.5 Å². The smallest absolute Gasteiger partial charge is 0.255 e. The molecule has 13 heteroatoms. The van der Waals surface area contributed by atoms with Gasteiger partial charge in [0.05, 0.1) is 29.6 Å². The van der Waals surface area contributed by atoms with Gasteiger partial charge in [0.2, 0.25) is 15.9 Å². The van der Waals surface area contributed by atoms with E-state index in [1.165, 1.54) is 50.5 Å². The number of hydrogen-bond donors (Lipinski definition) is 4. The fourth-order valence-corrected chi connectivity index (χ4v) is 6.54. The van der Waals surface area contributed by atoms with E-state index in [0.29, 0.717) is 40.7 Å². The van der Waals surface area contributed by atoms with E-state index in [1.54, 1.807) is 24.3 Å². The zero-order chi connectivity index (χ0) is 31.3. The molecule has 2 fully saturated rings. The fourth-order valence-electron chi connectivity index (χ4n) is 6.03. The van der Waals surface area contributed by atoms with Crippen LogP contribution in [0.4, 0.5) is 14.5 Å². The number of anilines is 1. The molecular formula is C31H31F2N5O5S. The van der Waals surface area contributed by atoms with Crippen LogP contribution < -0.4 is 25.6 Å². The number of rotatable bonds is 6. The zero-order valence-electron chi connectivity index (χ0n) is 24.1. The van der Waals surface area contributed by atoms with E-state index < -0.39 is 45.8 Å². The first-order chi connectivity index (χ1) is 20.9. The SMILES string of the molecule is CNC(=O)c1c(-c2ccc(F)cc2)oc2cc(N(C)S(C)(=O)=O)c(C3CNC4NC(c5cccc(F)c5)NC(=O)C4C3)cc12. The van der Waals surface area contributed by atoms with Gasteiger partial charge in [-0.1, -0.05) is 12.1 Å². The summed E-state index contributed by atoms with van der Waals surface area (Å²) in [5.41, 5.74) is 2.50. The molecule has 2 aliphatic rings. The van der Waals surface area contributed by atoms with Gasteiger partial charge < -0.3 is 20.4 Å². The third-order valence-corrected chi connectivity index (χ3v) is 9.54. The van der Waals surface area contributed by atoms with Gasteiger partial charge in [0.25, 0.3) is 5.91 Å². The highest BCUT2D eigenvalue weighted by Crippen LogP contribution is 2.42. The summed E-state index contributed by atoms with van der Waals surface area (Å²) >= 11 is 0. The van der Waals surface area contributed by atoms with Crippen LogP contribution in [0.5, 0.6) is 0 Å². The second-order valence-corrected chi connectivity index (χ2v) is 13.1. The Morgan fingerprint density at radius 3 is 2.50 bits per heavy atom. The highest BCUT2D eigenvalue weighted by atomic mass is 32.2. The summed E-state index contributed by atoms with van der Waals surface area (Å²) in [7, 11) is -0.797. The zero-order valence-corrected chi connectivity index (χ0v) is 25.0. The largest absolute Gasteiger partial charge is 0.455 e. The lowest BCUT2D eigenvalue weighted by atomic mass is 9.81. The van der Waals surface area contributed by atoms with Crippen molar-refractivity contribution in [3.8, 4) is 11.3 Å². The lowest BCUT2D eigenvalue weighted by Gasteiger charge is -2.43. The maximum Gasteiger partial charge on any atom is 0.255 e. The van der Waals surface area contributed by atoms with Crippen molar-refractivity contribution in [1.29, 1.82) is 0 Å². The van der Waals surface area contributed by atoms with Gasteiger partial charge >= 0.3 is 0 Å². The molecule has 0 spiro atoms. The van der Waals surface area contributed by atoms with E-state index in [9.17, 15) is 26.8 Å². The number of piperidine rings is 1. The molecule has 0 saturated carbocycles. The van der Waals surface area contributed by atoms with Gasteiger partial charge in [-0.25, -0.2) is 17.2 Å². The molecule has 4 aromatic rings. The number of furan rings is 1. The molecule has 2 saturated heterocycles. The van der Waals surface area contributed by atoms with E-state index >= 15 is 0 Å². The molecule has 2 amide bonds. The number of hydrogen-bond acceptors (Lipinski definition) is 7. The van der Waals surface area contributed by atoms with Gasteiger partial charge in [0.1, 0.15) is 29.1 Å². The third-order valence-electron chi connectivity index (χ3n) is 8.35. The van der Waals surface area contributed by atoms with Crippen molar-refractivity contribution in [1.82, 2.24) is 21.3 Å². The van der Waals surface area contributed by atoms with Crippen molar-refractivity contribution in [3.05, 3.63) is 89.0 Å². The molecule has 0 aliphatic carbocycles. The minimum Gasteiger partial charge on any atom is -0.455 e. The molecule has 3 heterocycles. The molecule has 1 aromatic heterocycles. The maximum absolute atomic E-state index is 13.9. The van der Waals surface area contributed by atoms with Crippen LogP contribution in [0, 0.1) is 17.6 Å². The molecule has 10 nitrogen and oxygen atoms in total. The number of amides is 2. The number of fused-ring (bicyclic) bond motifs is 2. The van der Waals surface area contributed by atoms with Gasteiger partial charge in [0, 0.05) is 37.7 Å². The number of carbonyl (C=O) groups is 2. The maximum atomic E-state index is 13.9. The first kappa shape index (κ1) is 29.7. The van der Waals surface area contributed by atoms with Crippen LogP contribution in [-0.4, -0.2) is 53.3 Å². The number of nitrogens with one attached hydrogen (secondary N) is 4. The average molecular weight is 624 g/mol. The summed E-state index contributed by atoms with van der Waals surface area (Å²) in [5.74, 6) is -2.16. The molecule has 44 heavy (non-hydrogen) atoms. The van der Waals surface area contributed by atoms with E-state index in [0.717, 1.165) is 10.6 Å². The quantitative estimate of drug-likeness (QED) is 0.258. The Kier molecular flexibility index (Phi) is 7.64. The Hall–Kier alpha value is -4.33. The summed E-state index contributed by atoms with van der Waals surface area (Å²) in [4.78, 5) is 26.5. The summed E-state index contributed by atoms with van der Waals surface area (Å²) in [6, 6.07) is 14.8. The van der Waals surface area contributed by atoms with E-state index in [2.05, 4.69) is 21.3 Å². The molecule has 6 rings (SSSR count). The van der Waals surface area contributed by atoms with E-state index in [-0.39, 0.29) is 28.7 Å². The van der Waals surface area contributed by atoms with Gasteiger partial charge in [-0.05, 0) is 65.9 Å². The number of benzene rings is 3. The molecule has 0 radical (unpaired) electrons. The van der Waals surface area contributed by atoms with Crippen LogP contribution in [0.15, 0.2) is 65.1 Å². The predicted molar refractivity (Wildman–Crippen MR) is 161 cm³/mol. The van der Waals surface area contributed by atoms with Crippen LogP contribution >= 0.6 is 0 Å². The van der Waals surface area contributed by atoms with Crippen molar-refractivity contribution in [3.63, 3.8) is 0 Å². The highest BCUT2D eigenvalue weighted by molar-refractivity contribution is 7.92. The third kappa shape index (κ3) is 5.42. The molecule has 4 N–H and O–H groups in total. The molecule has 230 valence electrons. The monoisotopic (exact) mass is 623 g/mol. The van der Waals surface area contributed by atoms with E-state index in [1.807, 2.05) is 0 Å². The Morgan fingerprint density at radius 2 is 1.82 bits per heavy atom. The van der Waals surface area contributed by atoms with Crippen LogP contribution in [0.25, 0.3) is 22.3 Å². The Labute approximate surface area is 252 Å². The molecule has 0 bridgehead atoms. The lowest BCUT2D eigenvalue weighted by molar-refractivity contribution is -0.131. The standard InChI is InChI=1S/C31H31F2N5O5S/c1-34-31(40)26-22-13-21(18-12-23-29(35-15-18)36-28(37-30(23)39)17-5-4-6-20(33)11-17)24(38(2)44(3,41)42)14-25(22)43-27(26)16-7-9-19(32)10-8-16/h4-11,13-14,18,23,28-29,35-36H,12,15H2,1-3H3,(H,34,40)(H,37,39). The topological polar surface area (TPSA) is 133 Å². The molecule has 2 aliphatic heterocycles. The normalized spacial score (nSPS) is 21.9. The summed E-state index contributed by atoms with van der Waals surface area (Å²) in [5, 5.41) is 12.7. The van der Waals surface area contributed by atoms with Crippen LogP contribution in [-0.2, 0) is 14.8 Å². The van der Waals surface area contributed by atoms with Gasteiger partial charge in [-0.15, -0.1) is 0 Å². The predicted octanol–water partition coefficient (Wildman–Crippen LogP) is 3.57. The molecular weight excluding hydrogens is 592 g/mol. The highest BCUT2D eigenvalue weighted by Gasteiger charge is 2.42. The second-order valence-electron chi connectivity index (χ2n) is 11.1. The van der Waals surface area contributed by atoms with Crippen molar-refractivity contribution < 1.29 is 31.2 Å². The Morgan fingerprint density at radius 1 is 1.07 bits per heavy atom. The minimum atomic E-state index is -3.71. The van der Waals surface area contributed by atoms with Crippen molar-refractivity contribution in [2.75, 3.05) is 31.2 Å².